The van der Waals surface area contributed by atoms with Gasteiger partial charge in [-0.2, -0.15) is 0 Å². The second kappa shape index (κ2) is 3.42. The van der Waals surface area contributed by atoms with Gasteiger partial charge in [0.15, 0.2) is 0 Å². The summed E-state index contributed by atoms with van der Waals surface area (Å²) >= 11 is 0. The van der Waals surface area contributed by atoms with Crippen molar-refractivity contribution in [1.29, 1.82) is 0 Å². The number of nitrogen functional groups attached to an aromatic ring is 1. The second-order valence-corrected chi connectivity index (χ2v) is 3.64. The number of nitrogens with zero attached hydrogens (tertiary/aromatic N) is 1. The zero-order chi connectivity index (χ0) is 11.0. The number of halogens is 1. The van der Waals surface area contributed by atoms with Crippen molar-refractivity contribution in [2.75, 3.05) is 5.73 Å². The summed E-state index contributed by atoms with van der Waals surface area (Å²) in [5.74, 6) is -0.168. The Morgan fingerprint density at radius 3 is 2.40 bits per heavy atom. The molecule has 1 heterocycles. The van der Waals surface area contributed by atoms with Crippen molar-refractivity contribution in [3.8, 4) is 5.69 Å². The van der Waals surface area contributed by atoms with Crippen LogP contribution in [-0.4, -0.2) is 4.57 Å². The second-order valence-electron chi connectivity index (χ2n) is 3.64. The maximum Gasteiger partial charge on any atom is 0.147 e. The van der Waals surface area contributed by atoms with Crippen molar-refractivity contribution >= 4 is 5.69 Å². The van der Waals surface area contributed by atoms with Crippen LogP contribution in [0.25, 0.3) is 5.69 Å². The Labute approximate surface area is 88.1 Å². The molecule has 0 saturated carbocycles. The first kappa shape index (κ1) is 9.77. The largest absolute Gasteiger partial charge is 0.397 e. The molecular formula is C12H13FN2. The van der Waals surface area contributed by atoms with Gasteiger partial charge in [0.2, 0.25) is 0 Å². The van der Waals surface area contributed by atoms with Crippen molar-refractivity contribution in [1.82, 2.24) is 4.57 Å². The Bertz CT molecular complexity index is 500. The zero-order valence-electron chi connectivity index (χ0n) is 8.79. The van der Waals surface area contributed by atoms with E-state index >= 15 is 0 Å². The Balaban J connectivity index is 2.65. The van der Waals surface area contributed by atoms with Crippen LogP contribution in [0.3, 0.4) is 0 Å². The fraction of sp³-hybridized carbons (Fsp3) is 0.167. The highest BCUT2D eigenvalue weighted by Crippen LogP contribution is 2.22. The van der Waals surface area contributed by atoms with Crippen LogP contribution in [0.4, 0.5) is 10.1 Å². The van der Waals surface area contributed by atoms with Crippen molar-refractivity contribution in [3.63, 3.8) is 0 Å². The van der Waals surface area contributed by atoms with Gasteiger partial charge in [-0.3, -0.25) is 0 Å². The van der Waals surface area contributed by atoms with E-state index in [0.717, 1.165) is 5.69 Å². The Kier molecular flexibility index (Phi) is 2.23. The number of hydrogen-bond acceptors (Lipinski definition) is 1. The van der Waals surface area contributed by atoms with Gasteiger partial charge in [-0.15, -0.1) is 0 Å². The highest BCUT2D eigenvalue weighted by Gasteiger charge is 2.11. The molecule has 3 heteroatoms. The van der Waals surface area contributed by atoms with Gasteiger partial charge in [0.25, 0.3) is 0 Å². The molecule has 78 valence electrons. The minimum Gasteiger partial charge on any atom is -0.397 e. The van der Waals surface area contributed by atoms with E-state index in [4.69, 9.17) is 5.73 Å². The molecule has 2 nitrogen and oxygen atoms in total. The molecule has 0 bridgehead atoms. The van der Waals surface area contributed by atoms with Gasteiger partial charge in [-0.05, 0) is 26.0 Å². The molecule has 0 spiro atoms. The molecule has 1 aromatic carbocycles. The number of para-hydroxylation sites is 2. The molecule has 0 aliphatic carbocycles. The molecule has 0 saturated heterocycles. The average molecular weight is 204 g/mol. The van der Waals surface area contributed by atoms with Crippen LogP contribution < -0.4 is 5.73 Å². The third kappa shape index (κ3) is 1.50. The Morgan fingerprint density at radius 2 is 1.87 bits per heavy atom. The SMILES string of the molecule is Cc1cn(-c2ccccc2N)c(C)c1F. The van der Waals surface area contributed by atoms with E-state index in [2.05, 4.69) is 0 Å². The molecule has 0 amide bonds. The van der Waals surface area contributed by atoms with Crippen LogP contribution >= 0.6 is 0 Å². The molecule has 2 aromatic rings. The Morgan fingerprint density at radius 1 is 1.20 bits per heavy atom. The molecule has 0 unspecified atom stereocenters. The standard InChI is InChI=1S/C12H13FN2/c1-8-7-15(9(2)12(8)13)11-6-4-3-5-10(11)14/h3-7H,14H2,1-2H3. The third-order valence-corrected chi connectivity index (χ3v) is 2.54. The monoisotopic (exact) mass is 204 g/mol. The van der Waals surface area contributed by atoms with Crippen LogP contribution in [0, 0.1) is 19.7 Å². The Hall–Kier alpha value is -1.77. The molecule has 0 fully saturated rings. The van der Waals surface area contributed by atoms with Gasteiger partial charge >= 0.3 is 0 Å². The van der Waals surface area contributed by atoms with E-state index in [9.17, 15) is 4.39 Å². The first-order chi connectivity index (χ1) is 7.11. The van der Waals surface area contributed by atoms with Gasteiger partial charge in [-0.1, -0.05) is 12.1 Å². The molecule has 15 heavy (non-hydrogen) atoms. The summed E-state index contributed by atoms with van der Waals surface area (Å²) in [7, 11) is 0. The number of hydrogen-bond donors (Lipinski definition) is 1. The zero-order valence-corrected chi connectivity index (χ0v) is 8.79. The summed E-state index contributed by atoms with van der Waals surface area (Å²) < 4.78 is 15.3. The van der Waals surface area contributed by atoms with E-state index in [0.29, 0.717) is 16.9 Å². The lowest BCUT2D eigenvalue weighted by Crippen LogP contribution is -2.00. The quantitative estimate of drug-likeness (QED) is 0.711. The highest BCUT2D eigenvalue weighted by atomic mass is 19.1. The van der Waals surface area contributed by atoms with Crippen molar-refractivity contribution in [2.45, 2.75) is 13.8 Å². The predicted octanol–water partition coefficient (Wildman–Crippen LogP) is 2.82. The molecular weight excluding hydrogens is 191 g/mol. The van der Waals surface area contributed by atoms with Crippen LogP contribution in [0.15, 0.2) is 30.5 Å². The summed E-state index contributed by atoms with van der Waals surface area (Å²) in [5, 5.41) is 0. The number of aryl methyl sites for hydroxylation is 1. The lowest BCUT2D eigenvalue weighted by atomic mass is 10.2. The minimum absolute atomic E-state index is 0.168. The molecule has 0 aliphatic rings. The summed E-state index contributed by atoms with van der Waals surface area (Å²) in [6.45, 7) is 3.49. The van der Waals surface area contributed by atoms with Gasteiger partial charge in [0.1, 0.15) is 5.82 Å². The molecule has 1 aromatic heterocycles. The topological polar surface area (TPSA) is 30.9 Å². The van der Waals surface area contributed by atoms with Gasteiger partial charge in [0, 0.05) is 11.8 Å². The van der Waals surface area contributed by atoms with Gasteiger partial charge < -0.3 is 10.3 Å². The van der Waals surface area contributed by atoms with E-state index in [-0.39, 0.29) is 5.82 Å². The van der Waals surface area contributed by atoms with E-state index in [1.165, 1.54) is 0 Å². The number of anilines is 1. The third-order valence-electron chi connectivity index (χ3n) is 2.54. The van der Waals surface area contributed by atoms with Crippen molar-refractivity contribution in [3.05, 3.63) is 47.5 Å². The summed E-state index contributed by atoms with van der Waals surface area (Å²) in [6.07, 6.45) is 1.76. The van der Waals surface area contributed by atoms with E-state index in [1.807, 2.05) is 24.3 Å². The van der Waals surface area contributed by atoms with Gasteiger partial charge in [0.05, 0.1) is 17.1 Å². The van der Waals surface area contributed by atoms with Crippen LogP contribution in [0.1, 0.15) is 11.3 Å². The van der Waals surface area contributed by atoms with Crippen molar-refractivity contribution in [2.24, 2.45) is 0 Å². The lowest BCUT2D eigenvalue weighted by molar-refractivity contribution is 0.608. The first-order valence-electron chi connectivity index (χ1n) is 4.80. The van der Waals surface area contributed by atoms with Crippen LogP contribution in [0.5, 0.6) is 0 Å². The molecule has 0 radical (unpaired) electrons. The smallest absolute Gasteiger partial charge is 0.147 e. The molecule has 0 aliphatic heterocycles. The fourth-order valence-corrected chi connectivity index (χ4v) is 1.70. The number of aromatic nitrogens is 1. The molecule has 2 N–H and O–H groups in total. The first-order valence-corrected chi connectivity index (χ1v) is 4.80. The number of rotatable bonds is 1. The number of benzene rings is 1. The maximum atomic E-state index is 13.5. The van der Waals surface area contributed by atoms with Gasteiger partial charge in [-0.25, -0.2) is 4.39 Å². The maximum absolute atomic E-state index is 13.5. The normalized spacial score (nSPS) is 10.6. The highest BCUT2D eigenvalue weighted by molar-refractivity contribution is 5.58. The van der Waals surface area contributed by atoms with E-state index < -0.39 is 0 Å². The summed E-state index contributed by atoms with van der Waals surface area (Å²) in [6, 6.07) is 7.43. The lowest BCUT2D eigenvalue weighted by Gasteiger charge is -2.08. The molecule has 0 atom stereocenters. The van der Waals surface area contributed by atoms with Crippen molar-refractivity contribution < 1.29 is 4.39 Å². The number of nitrogens with two attached hydrogens (primary N) is 1. The average Bonchev–Trinajstić information content (AvgIpc) is 2.47. The summed E-state index contributed by atoms with van der Waals surface area (Å²) in [4.78, 5) is 0. The van der Waals surface area contributed by atoms with Crippen LogP contribution in [-0.2, 0) is 0 Å². The fourth-order valence-electron chi connectivity index (χ4n) is 1.70. The summed E-state index contributed by atoms with van der Waals surface area (Å²) in [5.41, 5.74) is 8.53. The van der Waals surface area contributed by atoms with E-state index in [1.54, 1.807) is 24.6 Å². The predicted molar refractivity (Wildman–Crippen MR) is 59.6 cm³/mol. The molecule has 2 rings (SSSR count). The van der Waals surface area contributed by atoms with Crippen LogP contribution in [0.2, 0.25) is 0 Å². The minimum atomic E-state index is -0.168.